The molecule has 0 radical (unpaired) electrons. The van der Waals surface area contributed by atoms with Crippen LogP contribution in [0.2, 0.25) is 0 Å². The average Bonchev–Trinajstić information content (AvgIpc) is 2.99. The summed E-state index contributed by atoms with van der Waals surface area (Å²) >= 11 is 0. The largest absolute Gasteiger partial charge is 0.394 e. The number of hydrogen-bond donors (Lipinski definition) is 1. The maximum atomic E-state index is 13.2. The molecule has 22 heavy (non-hydrogen) atoms. The molecule has 4 nitrogen and oxygen atoms in total. The predicted molar refractivity (Wildman–Crippen MR) is 75.7 cm³/mol. The minimum atomic E-state index is -4.29. The van der Waals surface area contributed by atoms with Crippen molar-refractivity contribution in [3.8, 4) is 0 Å². The average molecular weight is 313 g/mol. The van der Waals surface area contributed by atoms with E-state index in [0.717, 1.165) is 5.56 Å². The second kappa shape index (κ2) is 4.86. The fourth-order valence-electron chi connectivity index (χ4n) is 3.56. The van der Waals surface area contributed by atoms with Crippen molar-refractivity contribution >= 4 is 11.7 Å². The Morgan fingerprint density at radius 3 is 2.82 bits per heavy atom. The van der Waals surface area contributed by atoms with Crippen molar-refractivity contribution in [2.45, 2.75) is 38.4 Å². The van der Waals surface area contributed by atoms with Gasteiger partial charge in [-0.05, 0) is 32.8 Å². The summed E-state index contributed by atoms with van der Waals surface area (Å²) in [5.41, 5.74) is 0.0296. The summed E-state index contributed by atoms with van der Waals surface area (Å²) in [6.07, 6.45) is -2.15. The van der Waals surface area contributed by atoms with Gasteiger partial charge >= 0.3 is 6.18 Å². The Hall–Kier alpha value is -1.79. The summed E-state index contributed by atoms with van der Waals surface area (Å²) in [5.74, 6) is -1.16. The first-order chi connectivity index (χ1) is 10.2. The number of alkyl halides is 3. The Kier molecular flexibility index (Phi) is 3.34. The number of likely N-dealkylation sites (tertiary alicyclic amines) is 1. The maximum absolute atomic E-state index is 13.2. The number of amides is 1. The Bertz CT molecular complexity index is 613. The highest BCUT2D eigenvalue weighted by atomic mass is 19.4. The van der Waals surface area contributed by atoms with E-state index in [9.17, 15) is 18.0 Å². The fourth-order valence-corrected chi connectivity index (χ4v) is 3.56. The molecular formula is C15H18F3N3O. The van der Waals surface area contributed by atoms with Crippen molar-refractivity contribution in [2.24, 2.45) is 5.92 Å². The van der Waals surface area contributed by atoms with Crippen molar-refractivity contribution in [3.63, 3.8) is 0 Å². The van der Waals surface area contributed by atoms with Gasteiger partial charge in [-0.2, -0.15) is 13.2 Å². The molecule has 1 atom stereocenters. The topological polar surface area (TPSA) is 45.2 Å². The molecule has 0 aromatic carbocycles. The SMILES string of the molecule is CC1(C)C(C(F)(F)F)CCN1C(=O)c1ccnc2c1CCN2. The summed E-state index contributed by atoms with van der Waals surface area (Å²) in [4.78, 5) is 18.3. The van der Waals surface area contributed by atoms with Crippen molar-refractivity contribution in [3.05, 3.63) is 23.4 Å². The number of aromatic nitrogens is 1. The Morgan fingerprint density at radius 1 is 1.45 bits per heavy atom. The van der Waals surface area contributed by atoms with Crippen LogP contribution < -0.4 is 5.32 Å². The standard InChI is InChI=1S/C15H18F3N3O/c1-14(2)11(15(16,17)18)5-8-21(14)13(22)10-4-7-20-12-9(10)3-6-19-12/h4,7,11H,3,5-6,8H2,1-2H3,(H,19,20). The molecule has 3 rings (SSSR count). The van der Waals surface area contributed by atoms with Crippen molar-refractivity contribution in [2.75, 3.05) is 18.4 Å². The smallest absolute Gasteiger partial charge is 0.369 e. The zero-order valence-electron chi connectivity index (χ0n) is 12.5. The lowest BCUT2D eigenvalue weighted by atomic mass is 9.87. The first-order valence-corrected chi connectivity index (χ1v) is 7.33. The summed E-state index contributed by atoms with van der Waals surface area (Å²) in [5, 5.41) is 3.08. The van der Waals surface area contributed by atoms with Crippen LogP contribution in [0.1, 0.15) is 36.2 Å². The van der Waals surface area contributed by atoms with Gasteiger partial charge in [-0.3, -0.25) is 4.79 Å². The van der Waals surface area contributed by atoms with Gasteiger partial charge in [0.05, 0.1) is 5.92 Å². The Labute approximate surface area is 126 Å². The number of halogens is 3. The first-order valence-electron chi connectivity index (χ1n) is 7.33. The molecule has 1 amide bonds. The number of pyridine rings is 1. The lowest BCUT2D eigenvalue weighted by molar-refractivity contribution is -0.189. The molecule has 3 heterocycles. The van der Waals surface area contributed by atoms with Gasteiger partial charge in [-0.25, -0.2) is 4.98 Å². The molecule has 1 saturated heterocycles. The van der Waals surface area contributed by atoms with Crippen LogP contribution in [-0.2, 0) is 6.42 Å². The van der Waals surface area contributed by atoms with E-state index in [4.69, 9.17) is 0 Å². The highest BCUT2D eigenvalue weighted by Crippen LogP contribution is 2.45. The van der Waals surface area contributed by atoms with Gasteiger partial charge < -0.3 is 10.2 Å². The summed E-state index contributed by atoms with van der Waals surface area (Å²) in [7, 11) is 0. The number of rotatable bonds is 1. The number of nitrogens with one attached hydrogen (secondary N) is 1. The third-order valence-corrected chi connectivity index (χ3v) is 4.78. The Morgan fingerprint density at radius 2 is 2.18 bits per heavy atom. The molecule has 1 unspecified atom stereocenters. The summed E-state index contributed by atoms with van der Waals surface area (Å²) < 4.78 is 39.5. The van der Waals surface area contributed by atoms with Gasteiger partial charge in [0.1, 0.15) is 5.82 Å². The van der Waals surface area contributed by atoms with Crippen LogP contribution in [0.25, 0.3) is 0 Å². The first kappa shape index (κ1) is 15.1. The molecule has 2 aliphatic heterocycles. The van der Waals surface area contributed by atoms with E-state index in [0.29, 0.717) is 24.3 Å². The number of carbonyl (C=O) groups excluding carboxylic acids is 1. The van der Waals surface area contributed by atoms with Gasteiger partial charge in [0.25, 0.3) is 5.91 Å². The second-order valence-corrected chi connectivity index (χ2v) is 6.36. The van der Waals surface area contributed by atoms with Crippen LogP contribution in [0.4, 0.5) is 19.0 Å². The molecule has 120 valence electrons. The van der Waals surface area contributed by atoms with E-state index in [1.54, 1.807) is 6.07 Å². The Balaban J connectivity index is 1.93. The van der Waals surface area contributed by atoms with Crippen LogP contribution in [-0.4, -0.2) is 40.6 Å². The third-order valence-electron chi connectivity index (χ3n) is 4.78. The second-order valence-electron chi connectivity index (χ2n) is 6.36. The quantitative estimate of drug-likeness (QED) is 0.867. The fraction of sp³-hybridized carbons (Fsp3) is 0.600. The van der Waals surface area contributed by atoms with Gasteiger partial charge in [0.15, 0.2) is 0 Å². The number of fused-ring (bicyclic) bond motifs is 1. The molecule has 1 N–H and O–H groups in total. The van der Waals surface area contributed by atoms with Crippen LogP contribution in [0.5, 0.6) is 0 Å². The maximum Gasteiger partial charge on any atom is 0.394 e. The van der Waals surface area contributed by atoms with Gasteiger partial charge in [0.2, 0.25) is 0 Å². The zero-order chi connectivity index (χ0) is 16.1. The molecule has 0 bridgehead atoms. The molecule has 2 aliphatic rings. The predicted octanol–water partition coefficient (Wildman–Crippen LogP) is 2.85. The minimum Gasteiger partial charge on any atom is -0.369 e. The number of hydrogen-bond acceptors (Lipinski definition) is 3. The molecule has 0 spiro atoms. The van der Waals surface area contributed by atoms with E-state index < -0.39 is 17.6 Å². The summed E-state index contributed by atoms with van der Waals surface area (Å²) in [6, 6.07) is 1.60. The minimum absolute atomic E-state index is 0.0479. The van der Waals surface area contributed by atoms with Crippen LogP contribution >= 0.6 is 0 Å². The van der Waals surface area contributed by atoms with Crippen LogP contribution in [0.3, 0.4) is 0 Å². The van der Waals surface area contributed by atoms with E-state index in [1.165, 1.54) is 24.9 Å². The molecular weight excluding hydrogens is 295 g/mol. The van der Waals surface area contributed by atoms with Crippen molar-refractivity contribution < 1.29 is 18.0 Å². The molecule has 0 aliphatic carbocycles. The third kappa shape index (κ3) is 2.23. The molecule has 1 aromatic rings. The molecule has 0 saturated carbocycles. The number of carbonyl (C=O) groups is 1. The zero-order valence-corrected chi connectivity index (χ0v) is 12.5. The highest BCUT2D eigenvalue weighted by Gasteiger charge is 2.56. The van der Waals surface area contributed by atoms with Crippen molar-refractivity contribution in [1.29, 1.82) is 0 Å². The normalized spacial score (nSPS) is 23.3. The number of nitrogens with zero attached hydrogens (tertiary/aromatic N) is 2. The van der Waals surface area contributed by atoms with E-state index in [2.05, 4.69) is 10.3 Å². The van der Waals surface area contributed by atoms with Crippen LogP contribution in [0, 0.1) is 5.92 Å². The molecule has 1 fully saturated rings. The summed E-state index contributed by atoms with van der Waals surface area (Å²) in [6.45, 7) is 3.81. The van der Waals surface area contributed by atoms with Crippen molar-refractivity contribution in [1.82, 2.24) is 9.88 Å². The van der Waals surface area contributed by atoms with Gasteiger partial charge in [-0.15, -0.1) is 0 Å². The van der Waals surface area contributed by atoms with E-state index in [1.807, 2.05) is 0 Å². The molecule has 7 heteroatoms. The van der Waals surface area contributed by atoms with E-state index >= 15 is 0 Å². The highest BCUT2D eigenvalue weighted by molar-refractivity contribution is 5.97. The molecule has 1 aromatic heterocycles. The van der Waals surface area contributed by atoms with Gasteiger partial charge in [-0.1, -0.05) is 0 Å². The lowest BCUT2D eigenvalue weighted by Gasteiger charge is -2.37. The van der Waals surface area contributed by atoms with Gasteiger partial charge in [0, 0.05) is 36.0 Å². The number of anilines is 1. The van der Waals surface area contributed by atoms with E-state index in [-0.39, 0.29) is 18.9 Å². The van der Waals surface area contributed by atoms with Crippen LogP contribution in [0.15, 0.2) is 12.3 Å². The monoisotopic (exact) mass is 313 g/mol. The lowest BCUT2D eigenvalue weighted by Crippen LogP contribution is -2.49.